The fraction of sp³-hybridized carbons (Fsp3) is 0.467. The number of hydrogen-bond donors (Lipinski definition) is 1. The van der Waals surface area contributed by atoms with Gasteiger partial charge in [0.25, 0.3) is 0 Å². The highest BCUT2D eigenvalue weighted by molar-refractivity contribution is 8.00. The summed E-state index contributed by atoms with van der Waals surface area (Å²) in [7, 11) is 0. The Morgan fingerprint density at radius 2 is 2.10 bits per heavy atom. The van der Waals surface area contributed by atoms with Crippen molar-refractivity contribution in [2.45, 2.75) is 30.9 Å². The molecule has 2 amide bonds. The SMILES string of the molecule is CC1CC2(CS1)CC(=O)NC(=O)C2c1ccccc1F. The molecular formula is C15H16FNO2S. The largest absolute Gasteiger partial charge is 0.296 e. The summed E-state index contributed by atoms with van der Waals surface area (Å²) in [6.45, 7) is 2.09. The van der Waals surface area contributed by atoms with Crippen LogP contribution >= 0.6 is 11.8 Å². The first-order valence-corrected chi connectivity index (χ1v) is 7.76. The van der Waals surface area contributed by atoms with E-state index in [9.17, 15) is 14.0 Å². The molecule has 2 aliphatic heterocycles. The van der Waals surface area contributed by atoms with Crippen LogP contribution in [0.15, 0.2) is 24.3 Å². The third-order valence-electron chi connectivity index (χ3n) is 4.22. The molecule has 3 nitrogen and oxygen atoms in total. The van der Waals surface area contributed by atoms with Crippen molar-refractivity contribution >= 4 is 23.6 Å². The lowest BCUT2D eigenvalue weighted by molar-refractivity contribution is -0.139. The van der Waals surface area contributed by atoms with Crippen LogP contribution in [-0.4, -0.2) is 22.8 Å². The Bertz CT molecular complexity index is 577. The van der Waals surface area contributed by atoms with Crippen molar-refractivity contribution in [3.63, 3.8) is 0 Å². The summed E-state index contributed by atoms with van der Waals surface area (Å²) in [5.74, 6) is -0.810. The van der Waals surface area contributed by atoms with E-state index >= 15 is 0 Å². The standard InChI is InChI=1S/C15H16FNO2S/c1-9-6-15(8-20-9)7-12(18)17-14(19)13(15)10-4-2-3-5-11(10)16/h2-5,9,13H,6-8H2,1H3,(H,17,18,19). The Kier molecular flexibility index (Phi) is 3.32. The van der Waals surface area contributed by atoms with Gasteiger partial charge in [0.2, 0.25) is 11.8 Å². The predicted octanol–water partition coefficient (Wildman–Crippen LogP) is 2.47. The number of imide groups is 1. The van der Waals surface area contributed by atoms with Crippen LogP contribution in [0.25, 0.3) is 0 Å². The maximum atomic E-state index is 14.1. The van der Waals surface area contributed by atoms with Crippen molar-refractivity contribution in [3.8, 4) is 0 Å². The molecule has 2 aliphatic rings. The molecule has 0 bridgehead atoms. The second-order valence-corrected chi connectivity index (χ2v) is 7.16. The molecular weight excluding hydrogens is 277 g/mol. The van der Waals surface area contributed by atoms with E-state index in [4.69, 9.17) is 0 Å². The highest BCUT2D eigenvalue weighted by atomic mass is 32.2. The van der Waals surface area contributed by atoms with Gasteiger partial charge in [-0.3, -0.25) is 14.9 Å². The summed E-state index contributed by atoms with van der Waals surface area (Å²) in [6.07, 6.45) is 1.07. The molecule has 20 heavy (non-hydrogen) atoms. The molecule has 3 atom stereocenters. The molecule has 3 rings (SSSR count). The van der Waals surface area contributed by atoms with Crippen molar-refractivity contribution in [1.82, 2.24) is 5.32 Å². The maximum Gasteiger partial charge on any atom is 0.234 e. The van der Waals surface area contributed by atoms with E-state index in [1.54, 1.807) is 30.0 Å². The van der Waals surface area contributed by atoms with Gasteiger partial charge in [-0.2, -0.15) is 11.8 Å². The lowest BCUT2D eigenvalue weighted by Gasteiger charge is -2.39. The van der Waals surface area contributed by atoms with E-state index in [1.165, 1.54) is 6.07 Å². The van der Waals surface area contributed by atoms with Crippen LogP contribution in [-0.2, 0) is 9.59 Å². The van der Waals surface area contributed by atoms with Gasteiger partial charge in [-0.05, 0) is 12.5 Å². The first-order valence-electron chi connectivity index (χ1n) is 6.71. The molecule has 1 N–H and O–H groups in total. The maximum absolute atomic E-state index is 14.1. The number of benzene rings is 1. The Labute approximate surface area is 121 Å². The Morgan fingerprint density at radius 3 is 2.75 bits per heavy atom. The monoisotopic (exact) mass is 293 g/mol. The summed E-state index contributed by atoms with van der Waals surface area (Å²) in [5, 5.41) is 2.76. The summed E-state index contributed by atoms with van der Waals surface area (Å²) in [6, 6.07) is 6.38. The van der Waals surface area contributed by atoms with Crippen LogP contribution in [0, 0.1) is 11.2 Å². The van der Waals surface area contributed by atoms with Crippen LogP contribution in [0.2, 0.25) is 0 Å². The van der Waals surface area contributed by atoms with Gasteiger partial charge >= 0.3 is 0 Å². The summed E-state index contributed by atoms with van der Waals surface area (Å²) >= 11 is 1.76. The molecule has 0 aliphatic carbocycles. The number of rotatable bonds is 1. The zero-order valence-electron chi connectivity index (χ0n) is 11.2. The molecule has 2 heterocycles. The topological polar surface area (TPSA) is 46.2 Å². The van der Waals surface area contributed by atoms with E-state index < -0.39 is 11.3 Å². The van der Waals surface area contributed by atoms with Crippen LogP contribution in [0.5, 0.6) is 0 Å². The number of carbonyl (C=O) groups is 2. The molecule has 0 saturated carbocycles. The van der Waals surface area contributed by atoms with Gasteiger partial charge in [0.15, 0.2) is 0 Å². The number of piperidine rings is 1. The Balaban J connectivity index is 2.07. The van der Waals surface area contributed by atoms with Gasteiger partial charge in [0.1, 0.15) is 5.82 Å². The molecule has 0 radical (unpaired) electrons. The van der Waals surface area contributed by atoms with Crippen LogP contribution in [0.1, 0.15) is 31.2 Å². The summed E-state index contributed by atoms with van der Waals surface area (Å²) < 4.78 is 14.1. The average molecular weight is 293 g/mol. The van der Waals surface area contributed by atoms with Crippen molar-refractivity contribution in [3.05, 3.63) is 35.6 Å². The van der Waals surface area contributed by atoms with Gasteiger partial charge in [-0.15, -0.1) is 0 Å². The molecule has 1 aromatic rings. The number of carbonyl (C=O) groups excluding carboxylic acids is 2. The van der Waals surface area contributed by atoms with Crippen LogP contribution in [0.3, 0.4) is 0 Å². The minimum Gasteiger partial charge on any atom is -0.296 e. The molecule has 0 aromatic heterocycles. The lowest BCUT2D eigenvalue weighted by Crippen LogP contribution is -2.51. The zero-order chi connectivity index (χ0) is 14.3. The average Bonchev–Trinajstić information content (AvgIpc) is 2.72. The lowest BCUT2D eigenvalue weighted by atomic mass is 9.66. The van der Waals surface area contributed by atoms with E-state index in [0.29, 0.717) is 17.2 Å². The highest BCUT2D eigenvalue weighted by Gasteiger charge is 2.53. The Morgan fingerprint density at radius 1 is 1.35 bits per heavy atom. The van der Waals surface area contributed by atoms with Crippen LogP contribution < -0.4 is 5.32 Å². The summed E-state index contributed by atoms with van der Waals surface area (Å²) in [5.41, 5.74) is -0.0294. The second-order valence-electron chi connectivity index (χ2n) is 5.73. The number of amides is 2. The normalized spacial score (nSPS) is 33.5. The Hall–Kier alpha value is -1.36. The number of thioether (sulfide) groups is 1. The minimum atomic E-state index is -0.571. The van der Waals surface area contributed by atoms with Gasteiger partial charge in [0, 0.05) is 28.4 Å². The quantitative estimate of drug-likeness (QED) is 0.809. The molecule has 3 unspecified atom stereocenters. The van der Waals surface area contributed by atoms with Crippen LogP contribution in [0.4, 0.5) is 4.39 Å². The molecule has 2 fully saturated rings. The third-order valence-corrected chi connectivity index (χ3v) is 5.69. The summed E-state index contributed by atoms with van der Waals surface area (Å²) in [4.78, 5) is 24.1. The number of nitrogens with one attached hydrogen (secondary N) is 1. The van der Waals surface area contributed by atoms with E-state index in [-0.39, 0.29) is 17.6 Å². The van der Waals surface area contributed by atoms with Gasteiger partial charge in [0.05, 0.1) is 5.92 Å². The van der Waals surface area contributed by atoms with E-state index in [1.807, 2.05) is 0 Å². The predicted molar refractivity (Wildman–Crippen MR) is 75.9 cm³/mol. The van der Waals surface area contributed by atoms with Gasteiger partial charge in [-0.1, -0.05) is 25.1 Å². The fourth-order valence-electron chi connectivity index (χ4n) is 3.46. The van der Waals surface area contributed by atoms with Gasteiger partial charge < -0.3 is 0 Å². The van der Waals surface area contributed by atoms with Gasteiger partial charge in [-0.25, -0.2) is 4.39 Å². The number of hydrogen-bond acceptors (Lipinski definition) is 3. The highest BCUT2D eigenvalue weighted by Crippen LogP contribution is 2.54. The number of halogens is 1. The molecule has 106 valence electrons. The van der Waals surface area contributed by atoms with Crippen molar-refractivity contribution in [2.75, 3.05) is 5.75 Å². The zero-order valence-corrected chi connectivity index (χ0v) is 12.0. The van der Waals surface area contributed by atoms with E-state index in [2.05, 4.69) is 12.2 Å². The molecule has 1 spiro atoms. The molecule has 2 saturated heterocycles. The molecule has 5 heteroatoms. The van der Waals surface area contributed by atoms with E-state index in [0.717, 1.165) is 12.2 Å². The fourth-order valence-corrected chi connectivity index (χ4v) is 4.91. The first kappa shape index (κ1) is 13.6. The minimum absolute atomic E-state index is 0.239. The second kappa shape index (κ2) is 4.88. The molecule has 1 aromatic carbocycles. The third kappa shape index (κ3) is 2.14. The van der Waals surface area contributed by atoms with Crippen molar-refractivity contribution in [2.24, 2.45) is 5.41 Å². The smallest absolute Gasteiger partial charge is 0.234 e. The van der Waals surface area contributed by atoms with Crippen molar-refractivity contribution in [1.29, 1.82) is 0 Å². The first-order chi connectivity index (χ1) is 9.52. The van der Waals surface area contributed by atoms with Crippen molar-refractivity contribution < 1.29 is 14.0 Å².